The molecule has 0 unspecified atom stereocenters. The maximum Gasteiger partial charge on any atom is 0.148 e. The number of phenolic OH excluding ortho intramolecular Hbond substituents is 1. The molecule has 64 heavy (non-hydrogen) atoms. The zero-order chi connectivity index (χ0) is 55.2. The van der Waals surface area contributed by atoms with Crippen molar-refractivity contribution in [1.29, 1.82) is 0 Å². The van der Waals surface area contributed by atoms with E-state index in [9.17, 15) is 5.11 Å². The van der Waals surface area contributed by atoms with E-state index in [0.29, 0.717) is 61.6 Å². The van der Waals surface area contributed by atoms with Crippen molar-refractivity contribution < 1.29 is 42.6 Å². The van der Waals surface area contributed by atoms with Gasteiger partial charge < -0.3 is 5.11 Å². The third-order valence-corrected chi connectivity index (χ3v) is 11.8. The summed E-state index contributed by atoms with van der Waals surface area (Å²) in [6.07, 6.45) is 1.50. The first-order valence-corrected chi connectivity index (χ1v) is 21.3. The summed E-state index contributed by atoms with van der Waals surface area (Å²) in [5.41, 5.74) is 3.72. The average Bonchev–Trinajstić information content (AvgIpc) is 3.69. The first-order valence-electron chi connectivity index (χ1n) is 27.3. The third-order valence-electron chi connectivity index (χ3n) is 11.8. The third kappa shape index (κ3) is 9.05. The number of phenols is 1. The summed E-state index contributed by atoms with van der Waals surface area (Å²) in [5.74, 6) is 0.349. The zero-order valence-electron chi connectivity index (χ0n) is 49.8. The Balaban J connectivity index is 0.00000840. The molecule has 330 valence electrons. The van der Waals surface area contributed by atoms with Gasteiger partial charge in [0.05, 0.1) is 22.3 Å². The minimum absolute atomic E-state index is 0. The van der Waals surface area contributed by atoms with E-state index in [-0.39, 0.29) is 48.9 Å². The fourth-order valence-electron chi connectivity index (χ4n) is 8.19. The number of para-hydroxylation sites is 1. The fourth-order valence-corrected chi connectivity index (χ4v) is 8.19. The van der Waals surface area contributed by atoms with Crippen molar-refractivity contribution in [3.63, 3.8) is 0 Å². The molecular weight excluding hydrogens is 962 g/mol. The summed E-state index contributed by atoms with van der Waals surface area (Å²) in [7, 11) is 0. The van der Waals surface area contributed by atoms with E-state index in [2.05, 4.69) is 47.6 Å². The second-order valence-corrected chi connectivity index (χ2v) is 19.6. The summed E-state index contributed by atoms with van der Waals surface area (Å²) < 4.78 is 105. The molecule has 0 aliphatic rings. The largest absolute Gasteiger partial charge is 0.507 e. The number of rotatable bonds is 6. The van der Waals surface area contributed by atoms with Crippen molar-refractivity contribution in [2.45, 2.75) is 111 Å². The Labute approximate surface area is 413 Å². The van der Waals surface area contributed by atoms with Gasteiger partial charge in [0.1, 0.15) is 11.6 Å². The SMILES string of the molecule is [2H]C([2H])([2H])c1cc(-c2ccccc2)ccc1-n1c(-c2cc(C(C)(C)C)cc(C(C)(C)C)c2O)nc2c(-c3[c-]c(-c4cc(-c5ccccc5C(C([2H])([2H])[2H])(C([2H])([2H])[2H])C([2H])([2H])[2H])ccn4)cc(C(C)(C)C)c3)cccc21.[Pt]. The van der Waals surface area contributed by atoms with E-state index in [1.807, 2.05) is 104 Å². The van der Waals surface area contributed by atoms with Gasteiger partial charge in [-0.3, -0.25) is 9.55 Å². The number of aromatic hydroxyl groups is 1. The van der Waals surface area contributed by atoms with Gasteiger partial charge in [-0.05, 0) is 97.8 Å². The van der Waals surface area contributed by atoms with Crippen molar-refractivity contribution >= 4 is 11.0 Å². The molecule has 0 radical (unpaired) electrons. The van der Waals surface area contributed by atoms with Gasteiger partial charge in [-0.15, -0.1) is 29.3 Å². The number of nitrogens with zero attached hydrogens (tertiary/aromatic N) is 3. The van der Waals surface area contributed by atoms with Crippen LogP contribution in [0.15, 0.2) is 134 Å². The topological polar surface area (TPSA) is 50.9 Å². The Morgan fingerprint density at radius 3 is 1.92 bits per heavy atom. The molecule has 0 atom stereocenters. The molecule has 0 saturated heterocycles. The van der Waals surface area contributed by atoms with Gasteiger partial charge in [0.15, 0.2) is 0 Å². The van der Waals surface area contributed by atoms with Crippen LogP contribution in [-0.2, 0) is 42.7 Å². The maximum absolute atomic E-state index is 12.5. The predicted molar refractivity (Wildman–Crippen MR) is 266 cm³/mol. The van der Waals surface area contributed by atoms with Crippen molar-refractivity contribution in [3.8, 4) is 67.5 Å². The summed E-state index contributed by atoms with van der Waals surface area (Å²) in [5, 5.41) is 12.5. The Hall–Kier alpha value is -5.57. The number of fused-ring (bicyclic) bond motifs is 1. The molecule has 4 nitrogen and oxygen atoms in total. The molecule has 8 aromatic rings. The molecule has 0 bridgehead atoms. The normalized spacial score (nSPS) is 16.0. The molecule has 5 heteroatoms. The van der Waals surface area contributed by atoms with E-state index < -0.39 is 43.7 Å². The first kappa shape index (κ1) is 33.0. The van der Waals surface area contributed by atoms with Crippen LogP contribution >= 0.6 is 0 Å². The zero-order valence-corrected chi connectivity index (χ0v) is 40.1. The van der Waals surface area contributed by atoms with Gasteiger partial charge in [-0.1, -0.05) is 179 Å². The van der Waals surface area contributed by atoms with Crippen LogP contribution in [0.5, 0.6) is 5.75 Å². The Bertz CT molecular complexity index is 3420. The molecule has 2 heterocycles. The number of benzene rings is 6. The van der Waals surface area contributed by atoms with Crippen LogP contribution in [0.2, 0.25) is 0 Å². The van der Waals surface area contributed by atoms with Crippen LogP contribution in [0.25, 0.3) is 72.7 Å². The first-order chi connectivity index (χ1) is 34.6. The molecule has 0 aliphatic heterocycles. The quantitative estimate of drug-likeness (QED) is 0.169. The van der Waals surface area contributed by atoms with E-state index in [0.717, 1.165) is 22.3 Å². The number of imidazole rings is 1. The average molecular weight is 1040 g/mol. The molecule has 0 saturated carbocycles. The minimum Gasteiger partial charge on any atom is -0.507 e. The van der Waals surface area contributed by atoms with Gasteiger partial charge in [0.2, 0.25) is 0 Å². The predicted octanol–water partition coefficient (Wildman–Crippen LogP) is 15.8. The van der Waals surface area contributed by atoms with E-state index >= 15 is 0 Å². The van der Waals surface area contributed by atoms with Crippen LogP contribution in [0.1, 0.15) is 127 Å². The monoisotopic (exact) mass is 1040 g/mol. The molecule has 0 aliphatic carbocycles. The van der Waals surface area contributed by atoms with Gasteiger partial charge in [-0.2, -0.15) is 0 Å². The standard InChI is InChI=1S/C59H62N3O.Pt/c1-37-30-39(38-20-15-14-16-21-38)26-27-51(37)62-52-25-19-23-46(53(52)61-55(62)47-35-44(57(5,6)7)36-49(54(47)63)59(11,12)13)41-31-42(33-43(32-41)56(2,3)4)50-34-40(28-29-60-50)45-22-17-18-24-48(45)58(8,9)10;/h14-30,32-36,63H,1-13H3;/q-1;/i1D3,8D3,9D3,10D3;. The molecule has 8 rings (SSSR count). The molecule has 1 N–H and O–H groups in total. The molecule has 2 aromatic heterocycles. The van der Waals surface area contributed by atoms with Gasteiger partial charge >= 0.3 is 0 Å². The van der Waals surface area contributed by atoms with E-state index in [1.54, 1.807) is 30.3 Å². The van der Waals surface area contributed by atoms with Crippen LogP contribution < -0.4 is 0 Å². The Morgan fingerprint density at radius 1 is 0.562 bits per heavy atom. The van der Waals surface area contributed by atoms with Crippen molar-refractivity contribution in [3.05, 3.63) is 167 Å². The van der Waals surface area contributed by atoms with Crippen molar-refractivity contribution in [2.75, 3.05) is 0 Å². The molecule has 6 aromatic carbocycles. The number of hydrogen-bond donors (Lipinski definition) is 1. The molecular formula is C59H62N3OPt-. The Kier molecular flexibility index (Phi) is 8.81. The van der Waals surface area contributed by atoms with Crippen molar-refractivity contribution in [2.24, 2.45) is 0 Å². The number of aryl methyl sites for hydroxylation is 1. The molecule has 0 fully saturated rings. The van der Waals surface area contributed by atoms with E-state index in [4.69, 9.17) is 26.4 Å². The van der Waals surface area contributed by atoms with Gasteiger partial charge in [0, 0.05) is 55.0 Å². The van der Waals surface area contributed by atoms with Crippen molar-refractivity contribution in [1.82, 2.24) is 14.5 Å². The molecule has 0 amide bonds. The van der Waals surface area contributed by atoms with Crippen LogP contribution in [0.4, 0.5) is 0 Å². The van der Waals surface area contributed by atoms with Crippen LogP contribution in [0, 0.1) is 12.9 Å². The number of pyridine rings is 1. The fraction of sp³-hybridized carbons (Fsp3) is 0.288. The summed E-state index contributed by atoms with van der Waals surface area (Å²) in [4.78, 5) is 10.2. The second kappa shape index (κ2) is 17.1. The minimum atomic E-state index is -3.48. The van der Waals surface area contributed by atoms with Gasteiger partial charge in [-0.25, -0.2) is 4.98 Å². The van der Waals surface area contributed by atoms with Crippen LogP contribution in [-0.4, -0.2) is 19.6 Å². The smallest absolute Gasteiger partial charge is 0.148 e. The number of aromatic nitrogens is 3. The number of hydrogen-bond acceptors (Lipinski definition) is 3. The maximum atomic E-state index is 12.5. The Morgan fingerprint density at radius 2 is 1.23 bits per heavy atom. The molecule has 0 spiro atoms. The van der Waals surface area contributed by atoms with Crippen LogP contribution in [0.3, 0.4) is 0 Å². The summed E-state index contributed by atoms with van der Waals surface area (Å²) in [6.45, 7) is 5.58. The van der Waals surface area contributed by atoms with E-state index in [1.165, 1.54) is 24.4 Å². The summed E-state index contributed by atoms with van der Waals surface area (Å²) >= 11 is 0. The van der Waals surface area contributed by atoms with Gasteiger partial charge in [0.25, 0.3) is 0 Å². The second-order valence-electron chi connectivity index (χ2n) is 19.6. The summed E-state index contributed by atoms with van der Waals surface area (Å²) in [6, 6.07) is 41.3.